The van der Waals surface area contributed by atoms with E-state index in [0.29, 0.717) is 0 Å². The van der Waals surface area contributed by atoms with Gasteiger partial charge in [-0.1, -0.05) is 31.2 Å². The smallest absolute Gasteiger partial charge is 0 e. The molecule has 117 valence electrons. The number of benzene rings is 1. The summed E-state index contributed by atoms with van der Waals surface area (Å²) in [6.45, 7) is 6.03. The van der Waals surface area contributed by atoms with Crippen LogP contribution in [-0.4, -0.2) is 0 Å². The van der Waals surface area contributed by atoms with Crippen LogP contribution in [0.2, 0.25) is 0 Å². The predicted octanol–water partition coefficient (Wildman–Crippen LogP) is 4.35. The van der Waals surface area contributed by atoms with Gasteiger partial charge in [-0.3, -0.25) is 0 Å². The summed E-state index contributed by atoms with van der Waals surface area (Å²) in [5, 5.41) is 0. The van der Waals surface area contributed by atoms with Crippen LogP contribution in [0.25, 0.3) is 0 Å². The molecule has 0 nitrogen and oxygen atoms in total. The first kappa shape index (κ1) is 97.3. The Morgan fingerprint density at radius 3 is 1.00 bits per heavy atom. The van der Waals surface area contributed by atoms with Gasteiger partial charge in [0, 0.05) is 425 Å². The van der Waals surface area contributed by atoms with Crippen LogP contribution in [0.3, 0.4) is 0 Å². The van der Waals surface area contributed by atoms with Crippen molar-refractivity contribution in [1.29, 1.82) is 0 Å². The van der Waals surface area contributed by atoms with Crippen molar-refractivity contribution in [3.63, 3.8) is 0 Å². The monoisotopic (exact) mass is 1340 g/mol. The van der Waals surface area contributed by atoms with Crippen LogP contribution in [0.4, 0.5) is 0 Å². The molecule has 0 heterocycles. The molecule has 0 spiro atoms. The molecule has 0 bridgehead atoms. The van der Waals surface area contributed by atoms with Gasteiger partial charge in [0.2, 0.25) is 0 Å². The number of rotatable bonds is 1. The van der Waals surface area contributed by atoms with Gasteiger partial charge in [-0.2, -0.15) is 35.9 Å². The second-order valence-corrected chi connectivity index (χ2v) is 2.60. The molecule has 0 atom stereocenters. The van der Waals surface area contributed by atoms with Crippen molar-refractivity contribution in [3.05, 3.63) is 67.6 Å². The SMILES string of the molecule is C/C=C\C=C/C.Cc1[c-]cccc1.[CH3-].[Y].[Y].[Y].[Y].[Y].[Y].[Y].[Y].[Y].[Y].[Y].[Y].[Y]. The van der Waals surface area contributed by atoms with Crippen molar-refractivity contribution in [2.24, 2.45) is 0 Å². The molecule has 1 aromatic carbocycles. The van der Waals surface area contributed by atoms with Crippen LogP contribution < -0.4 is 0 Å². The summed E-state index contributed by atoms with van der Waals surface area (Å²) in [7, 11) is 0. The van der Waals surface area contributed by atoms with E-state index in [0.717, 1.165) is 0 Å². The first-order valence-electron chi connectivity index (χ1n) is 4.48. The summed E-state index contributed by atoms with van der Waals surface area (Å²) in [6.07, 6.45) is 8.00. The normalized spacial score (nSPS) is 4.85. The fourth-order valence-corrected chi connectivity index (χ4v) is 0.705. The second-order valence-electron chi connectivity index (χ2n) is 2.60. The average Bonchev–Trinajstić information content (AvgIpc) is 2.17. The van der Waals surface area contributed by atoms with Crippen LogP contribution >= 0.6 is 0 Å². The van der Waals surface area contributed by atoms with Gasteiger partial charge in [0.1, 0.15) is 0 Å². The van der Waals surface area contributed by atoms with Gasteiger partial charge < -0.3 is 7.43 Å². The van der Waals surface area contributed by atoms with Crippen LogP contribution in [0.15, 0.2) is 48.6 Å². The quantitative estimate of drug-likeness (QED) is 0.291. The Balaban J connectivity index is -0.00000000543. The largest absolute Gasteiger partial charge is 0.358 e. The third-order valence-electron chi connectivity index (χ3n) is 1.36. The molecule has 0 aliphatic carbocycles. The Kier molecular flexibility index (Phi) is 325. The van der Waals surface area contributed by atoms with E-state index in [1.807, 2.05) is 69.3 Å². The molecular weight excluding hydrogens is 1320 g/mol. The van der Waals surface area contributed by atoms with E-state index >= 15 is 0 Å². The van der Waals surface area contributed by atoms with Crippen molar-refractivity contribution in [1.82, 2.24) is 0 Å². The number of aryl methyl sites for hydroxylation is 1. The van der Waals surface area contributed by atoms with E-state index < -0.39 is 0 Å². The van der Waals surface area contributed by atoms with Crippen LogP contribution in [-0.2, 0) is 425 Å². The molecule has 0 amide bonds. The van der Waals surface area contributed by atoms with Crippen molar-refractivity contribution in [3.8, 4) is 0 Å². The zero-order chi connectivity index (χ0) is 9.94. The van der Waals surface area contributed by atoms with E-state index in [1.54, 1.807) is 0 Å². The van der Waals surface area contributed by atoms with Gasteiger partial charge >= 0.3 is 0 Å². The molecule has 0 saturated heterocycles. The minimum atomic E-state index is 0. The molecule has 27 heavy (non-hydrogen) atoms. The van der Waals surface area contributed by atoms with E-state index in [2.05, 4.69) is 6.07 Å². The summed E-state index contributed by atoms with van der Waals surface area (Å²) in [4.78, 5) is 0. The number of hydrogen-bond acceptors (Lipinski definition) is 0. The Morgan fingerprint density at radius 1 is 0.593 bits per heavy atom. The molecule has 1 aromatic rings. The van der Waals surface area contributed by atoms with E-state index in [4.69, 9.17) is 0 Å². The minimum absolute atomic E-state index is 0. The van der Waals surface area contributed by atoms with Crippen LogP contribution in [0.5, 0.6) is 0 Å². The number of allylic oxidation sites excluding steroid dienone is 4. The van der Waals surface area contributed by atoms with Gasteiger partial charge in [-0.25, -0.2) is 0 Å². The van der Waals surface area contributed by atoms with Gasteiger partial charge in [0.25, 0.3) is 0 Å². The standard InChI is InChI=1S/C7H7.C6H10.CH3.13Y/c1-7-5-3-2-4-6-7;1-3-5-6-4-2;;;;;;;;;;;;;;/h2-5H,1H3;3-6H,1-2H3;1H3;;;;;;;;;;;;;/q-1;;-1;;;;;;;;;;;;;/b;5-3-,6-4-;;;;;;;;;;;;;;. The predicted molar refractivity (Wildman–Crippen MR) is 66.1 cm³/mol. The molecule has 0 fully saturated rings. The Bertz CT molecular complexity index is 259. The van der Waals surface area contributed by atoms with Crippen molar-refractivity contribution >= 4 is 0 Å². The summed E-state index contributed by atoms with van der Waals surface area (Å²) in [5.74, 6) is 0. The Morgan fingerprint density at radius 2 is 0.889 bits per heavy atom. The summed E-state index contributed by atoms with van der Waals surface area (Å²) in [5.41, 5.74) is 1.20. The topological polar surface area (TPSA) is 0 Å². The third kappa shape index (κ3) is 92.7. The fraction of sp³-hybridized carbons (Fsp3) is 0.214. The number of hydrogen-bond donors (Lipinski definition) is 0. The molecule has 13 radical (unpaired) electrons. The summed E-state index contributed by atoms with van der Waals surface area (Å²) >= 11 is 0. The van der Waals surface area contributed by atoms with Gasteiger partial charge in [-0.05, 0) is 13.8 Å². The first-order valence-corrected chi connectivity index (χ1v) is 4.48. The Hall–Kier alpha value is 13.1. The maximum atomic E-state index is 3.03. The second kappa shape index (κ2) is 90.1. The molecule has 0 aromatic heterocycles. The molecule has 1 rings (SSSR count). The van der Waals surface area contributed by atoms with Crippen molar-refractivity contribution in [2.45, 2.75) is 20.8 Å². The van der Waals surface area contributed by atoms with Gasteiger partial charge in [-0.15, -0.1) is 0 Å². The summed E-state index contributed by atoms with van der Waals surface area (Å²) < 4.78 is 0. The molecule has 0 aliphatic rings. The van der Waals surface area contributed by atoms with Gasteiger partial charge in [0.05, 0.1) is 0 Å². The minimum Gasteiger partial charge on any atom is -0.358 e. The first-order chi connectivity index (χ1) is 6.31. The maximum Gasteiger partial charge on any atom is 0 e. The molecule has 0 aliphatic heterocycles. The van der Waals surface area contributed by atoms with E-state index in [-0.39, 0.29) is 433 Å². The molecular formula is C14H20Y13-2. The average molecular weight is 1340 g/mol. The molecule has 0 N–H and O–H groups in total. The third-order valence-corrected chi connectivity index (χ3v) is 1.36. The van der Waals surface area contributed by atoms with Crippen LogP contribution in [0, 0.1) is 20.4 Å². The fourth-order valence-electron chi connectivity index (χ4n) is 0.705. The van der Waals surface area contributed by atoms with E-state index in [1.165, 1.54) is 5.56 Å². The molecule has 0 unspecified atom stereocenters. The Labute approximate surface area is 497 Å². The van der Waals surface area contributed by atoms with Crippen molar-refractivity contribution < 1.29 is 425 Å². The molecule has 13 heteroatoms. The van der Waals surface area contributed by atoms with Gasteiger partial charge in [0.15, 0.2) is 0 Å². The zero-order valence-electron chi connectivity index (χ0n) is 17.1. The van der Waals surface area contributed by atoms with E-state index in [9.17, 15) is 0 Å². The zero-order valence-corrected chi connectivity index (χ0v) is 54.0. The maximum absolute atomic E-state index is 3.03. The molecule has 0 saturated carbocycles. The van der Waals surface area contributed by atoms with Crippen LogP contribution in [0.1, 0.15) is 19.4 Å². The van der Waals surface area contributed by atoms with Crippen molar-refractivity contribution in [2.75, 3.05) is 0 Å². The summed E-state index contributed by atoms with van der Waals surface area (Å²) in [6, 6.07) is 10.9.